The number of nitrogens with zero attached hydrogens (tertiary/aromatic N) is 2. The van der Waals surface area contributed by atoms with Crippen LogP contribution in [0.15, 0.2) is 116 Å². The molecule has 1 aliphatic rings. The number of imidazole rings is 1. The zero-order valence-corrected chi connectivity index (χ0v) is 26.2. The van der Waals surface area contributed by atoms with Crippen LogP contribution < -0.4 is 9.47 Å². The van der Waals surface area contributed by atoms with Gasteiger partial charge < -0.3 is 14.5 Å². The molecule has 2 aromatic heterocycles. The van der Waals surface area contributed by atoms with Crippen LogP contribution in [0.1, 0.15) is 61.6 Å². The number of nitrogens with one attached hydrogen (secondary N) is 1. The number of ether oxygens (including phenoxy) is 2. The molecule has 1 atom stereocenters. The van der Waals surface area contributed by atoms with Crippen molar-refractivity contribution < 1.29 is 19.1 Å². The molecule has 2 heterocycles. The second-order valence-corrected chi connectivity index (χ2v) is 12.0. The number of carbonyl (C=O) groups excluding carboxylic acids is 2. The first-order valence-electron chi connectivity index (χ1n) is 16.0. The van der Waals surface area contributed by atoms with Crippen LogP contribution >= 0.6 is 0 Å². The quantitative estimate of drug-likeness (QED) is 0.111. The molecule has 1 aliphatic carbocycles. The highest BCUT2D eigenvalue weighted by Gasteiger charge is 2.55. The number of unbranched alkanes of at least 4 members (excludes halogenated alkanes) is 1. The van der Waals surface area contributed by atoms with Crippen LogP contribution in [-0.4, -0.2) is 33.6 Å². The molecule has 0 saturated heterocycles. The Morgan fingerprint density at radius 3 is 2.17 bits per heavy atom. The highest BCUT2D eigenvalue weighted by atomic mass is 16.5. The Labute approximate surface area is 273 Å². The van der Waals surface area contributed by atoms with Gasteiger partial charge in [-0.25, -0.2) is 4.98 Å². The van der Waals surface area contributed by atoms with E-state index >= 15 is 0 Å². The van der Waals surface area contributed by atoms with Crippen LogP contribution in [0.3, 0.4) is 0 Å². The molecule has 47 heavy (non-hydrogen) atoms. The molecule has 0 saturated carbocycles. The number of fused-ring (bicyclic) bond motifs is 2. The largest absolute Gasteiger partial charge is 0.494 e. The summed E-state index contributed by atoms with van der Waals surface area (Å²) in [5.41, 5.74) is 4.24. The lowest BCUT2D eigenvalue weighted by atomic mass is 9.71. The number of aromatic nitrogens is 3. The number of methoxy groups -OCH3 is 1. The summed E-state index contributed by atoms with van der Waals surface area (Å²) in [5.74, 6) is 1.42. The molecular weight excluding hydrogens is 586 g/mol. The first kappa shape index (κ1) is 30.1. The fourth-order valence-corrected chi connectivity index (χ4v) is 6.63. The predicted octanol–water partition coefficient (Wildman–Crippen LogP) is 7.67. The van der Waals surface area contributed by atoms with Gasteiger partial charge in [-0.15, -0.1) is 0 Å². The minimum atomic E-state index is -1.51. The fourth-order valence-electron chi connectivity index (χ4n) is 6.63. The summed E-state index contributed by atoms with van der Waals surface area (Å²) in [7, 11) is 1.61. The summed E-state index contributed by atoms with van der Waals surface area (Å²) in [6.45, 7) is 0.352. The van der Waals surface area contributed by atoms with Crippen molar-refractivity contribution in [2.75, 3.05) is 7.11 Å². The van der Waals surface area contributed by atoms with Crippen molar-refractivity contribution in [2.45, 2.75) is 44.1 Å². The summed E-state index contributed by atoms with van der Waals surface area (Å²) >= 11 is 0. The van der Waals surface area contributed by atoms with Crippen molar-refractivity contribution in [3.8, 4) is 11.5 Å². The van der Waals surface area contributed by atoms with Gasteiger partial charge in [0.1, 0.15) is 34.9 Å². The molecule has 0 spiro atoms. The number of pyridine rings is 1. The van der Waals surface area contributed by atoms with E-state index in [-0.39, 0.29) is 18.0 Å². The summed E-state index contributed by atoms with van der Waals surface area (Å²) in [5, 5.41) is 0. The smallest absolute Gasteiger partial charge is 0.182 e. The number of H-pyrrole nitrogens is 1. The van der Waals surface area contributed by atoms with E-state index in [0.717, 1.165) is 42.6 Å². The molecule has 6 aromatic rings. The number of ketones is 2. The Kier molecular flexibility index (Phi) is 8.36. The van der Waals surface area contributed by atoms with Crippen LogP contribution in [0.4, 0.5) is 0 Å². The second-order valence-electron chi connectivity index (χ2n) is 12.0. The van der Waals surface area contributed by atoms with Gasteiger partial charge in [-0.05, 0) is 78.8 Å². The lowest BCUT2D eigenvalue weighted by Gasteiger charge is -2.27. The van der Waals surface area contributed by atoms with E-state index < -0.39 is 5.41 Å². The summed E-state index contributed by atoms with van der Waals surface area (Å²) < 4.78 is 11.8. The topological polar surface area (TPSA) is 94.2 Å². The molecule has 0 radical (unpaired) electrons. The number of hydrogen-bond donors (Lipinski definition) is 1. The Morgan fingerprint density at radius 1 is 0.723 bits per heavy atom. The molecule has 0 bridgehead atoms. The van der Waals surface area contributed by atoms with E-state index in [1.165, 1.54) is 5.56 Å². The van der Waals surface area contributed by atoms with E-state index in [2.05, 4.69) is 34.2 Å². The molecule has 1 N–H and O–H groups in total. The molecule has 234 valence electrons. The Hall–Kier alpha value is -5.56. The van der Waals surface area contributed by atoms with Crippen molar-refractivity contribution in [1.82, 2.24) is 15.0 Å². The minimum absolute atomic E-state index is 0.176. The Balaban J connectivity index is 1.26. The van der Waals surface area contributed by atoms with Gasteiger partial charge in [-0.3, -0.25) is 14.6 Å². The maximum absolute atomic E-state index is 14.8. The number of hydrogen-bond acceptors (Lipinski definition) is 6. The fraction of sp³-hybridized carbons (Fsp3) is 0.200. The van der Waals surface area contributed by atoms with Crippen LogP contribution in [0, 0.1) is 0 Å². The first-order chi connectivity index (χ1) is 23.1. The highest BCUT2D eigenvalue weighted by molar-refractivity contribution is 6.34. The van der Waals surface area contributed by atoms with Gasteiger partial charge in [-0.1, -0.05) is 66.7 Å². The van der Waals surface area contributed by atoms with Crippen LogP contribution in [-0.2, 0) is 31.3 Å². The number of Topliss-reactive ketones (excluding diaryl/α,β-unsaturated/α-hetero) is 2. The van der Waals surface area contributed by atoms with Gasteiger partial charge in [0.15, 0.2) is 11.6 Å². The number of carbonyl (C=O) groups is 2. The maximum Gasteiger partial charge on any atom is 0.182 e. The molecule has 4 aromatic carbocycles. The van der Waals surface area contributed by atoms with Crippen LogP contribution in [0.25, 0.3) is 11.0 Å². The van der Waals surface area contributed by atoms with Gasteiger partial charge in [0.25, 0.3) is 0 Å². The molecule has 1 unspecified atom stereocenters. The molecule has 0 fully saturated rings. The zero-order chi connectivity index (χ0) is 32.2. The minimum Gasteiger partial charge on any atom is -0.494 e. The average molecular weight is 622 g/mol. The van der Waals surface area contributed by atoms with E-state index in [1.807, 2.05) is 60.7 Å². The third-order valence-corrected chi connectivity index (χ3v) is 9.03. The van der Waals surface area contributed by atoms with E-state index in [1.54, 1.807) is 37.7 Å². The first-order valence-corrected chi connectivity index (χ1v) is 16.0. The Bertz CT molecular complexity index is 2040. The van der Waals surface area contributed by atoms with Crippen molar-refractivity contribution in [3.63, 3.8) is 0 Å². The zero-order valence-electron chi connectivity index (χ0n) is 26.2. The maximum atomic E-state index is 14.8. The van der Waals surface area contributed by atoms with Gasteiger partial charge in [0.2, 0.25) is 0 Å². The monoisotopic (exact) mass is 621 g/mol. The predicted molar refractivity (Wildman–Crippen MR) is 181 cm³/mol. The lowest BCUT2D eigenvalue weighted by Crippen LogP contribution is -2.41. The lowest BCUT2D eigenvalue weighted by molar-refractivity contribution is 0.0794. The SMILES string of the molecule is COc1ccc(C2(Cc3ccncc3)C(=O)c3ccc(OCc4ccccc4)cc3C2=O)c2[nH]c(CCCCc3ccccc3)nc12. The van der Waals surface area contributed by atoms with Crippen molar-refractivity contribution in [1.29, 1.82) is 0 Å². The molecule has 0 amide bonds. The van der Waals surface area contributed by atoms with E-state index in [0.29, 0.717) is 45.8 Å². The highest BCUT2D eigenvalue weighted by Crippen LogP contribution is 2.46. The third kappa shape index (κ3) is 5.81. The number of aromatic amines is 1. The van der Waals surface area contributed by atoms with Gasteiger partial charge in [-0.2, -0.15) is 0 Å². The van der Waals surface area contributed by atoms with Crippen molar-refractivity contribution in [3.05, 3.63) is 155 Å². The van der Waals surface area contributed by atoms with E-state index in [4.69, 9.17) is 14.5 Å². The Morgan fingerprint density at radius 2 is 1.43 bits per heavy atom. The summed E-state index contributed by atoms with van der Waals surface area (Å²) in [4.78, 5) is 42.0. The standard InChI is InChI=1S/C40H35N3O4/c1-46-34-19-18-33(36-37(34)43-35(42-36)15-9-8-12-27-10-4-2-5-11-27)40(25-28-20-22-41-23-21-28)38(44)31-17-16-30(24-32(31)39(40)45)47-26-29-13-6-3-7-14-29/h2-7,10-11,13-14,16-24H,8-9,12,15,25-26H2,1H3,(H,42,43). The molecular formula is C40H35N3O4. The van der Waals surface area contributed by atoms with Gasteiger partial charge in [0.05, 0.1) is 12.6 Å². The van der Waals surface area contributed by atoms with Crippen LogP contribution in [0.2, 0.25) is 0 Å². The molecule has 0 aliphatic heterocycles. The summed E-state index contributed by atoms with van der Waals surface area (Å²) in [6.07, 6.45) is 7.21. The molecule has 7 heteroatoms. The summed E-state index contributed by atoms with van der Waals surface area (Å²) in [6, 6.07) is 32.8. The van der Waals surface area contributed by atoms with Crippen molar-refractivity contribution >= 4 is 22.6 Å². The molecule has 7 rings (SSSR count). The third-order valence-electron chi connectivity index (χ3n) is 9.03. The van der Waals surface area contributed by atoms with Gasteiger partial charge >= 0.3 is 0 Å². The van der Waals surface area contributed by atoms with Crippen molar-refractivity contribution in [2.24, 2.45) is 0 Å². The molecule has 7 nitrogen and oxygen atoms in total. The van der Waals surface area contributed by atoms with E-state index in [9.17, 15) is 9.59 Å². The average Bonchev–Trinajstić information content (AvgIpc) is 3.64. The number of rotatable bonds is 12. The van der Waals surface area contributed by atoms with Gasteiger partial charge in [0, 0.05) is 35.5 Å². The second kappa shape index (κ2) is 13.0. The number of benzene rings is 4. The number of aryl methyl sites for hydroxylation is 2. The normalized spacial score (nSPS) is 15.6. The van der Waals surface area contributed by atoms with Crippen LogP contribution in [0.5, 0.6) is 11.5 Å².